The van der Waals surface area contributed by atoms with Gasteiger partial charge in [-0.25, -0.2) is 0 Å². The quantitative estimate of drug-likeness (QED) is 0.711. The van der Waals surface area contributed by atoms with Crippen LogP contribution in [0.15, 0.2) is 24.3 Å². The van der Waals surface area contributed by atoms with Crippen molar-refractivity contribution in [1.82, 2.24) is 10.6 Å². The summed E-state index contributed by atoms with van der Waals surface area (Å²) in [6.07, 6.45) is 1.96. The van der Waals surface area contributed by atoms with Gasteiger partial charge in [0.15, 0.2) is 6.61 Å². The third-order valence-electron chi connectivity index (χ3n) is 3.59. The summed E-state index contributed by atoms with van der Waals surface area (Å²) in [7, 11) is 0. The van der Waals surface area contributed by atoms with Crippen LogP contribution >= 0.6 is 0 Å². The number of nitrogens with one attached hydrogen (secondary N) is 2. The number of benzene rings is 1. The van der Waals surface area contributed by atoms with Gasteiger partial charge in [0.1, 0.15) is 6.54 Å². The second kappa shape index (κ2) is 9.02. The van der Waals surface area contributed by atoms with Gasteiger partial charge in [-0.05, 0) is 31.9 Å². The lowest BCUT2D eigenvalue weighted by Crippen LogP contribution is -2.36. The van der Waals surface area contributed by atoms with Crippen molar-refractivity contribution in [3.63, 3.8) is 0 Å². The topological polar surface area (TPSA) is 93.7 Å². The molecule has 0 spiro atoms. The highest BCUT2D eigenvalue weighted by molar-refractivity contribution is 5.96. The Morgan fingerprint density at radius 2 is 2.12 bits per heavy atom. The fraction of sp³-hybridized carbons (Fsp3) is 0.471. The fourth-order valence-corrected chi connectivity index (χ4v) is 2.32. The third kappa shape index (κ3) is 6.00. The molecule has 1 heterocycles. The predicted molar refractivity (Wildman–Crippen MR) is 86.5 cm³/mol. The Labute approximate surface area is 140 Å². The molecule has 0 unspecified atom stereocenters. The monoisotopic (exact) mass is 334 g/mol. The average Bonchev–Trinajstić information content (AvgIpc) is 3.09. The molecule has 2 rings (SSSR count). The minimum atomic E-state index is -0.664. The molecule has 0 aliphatic carbocycles. The lowest BCUT2D eigenvalue weighted by Gasteiger charge is -2.11. The van der Waals surface area contributed by atoms with E-state index >= 15 is 0 Å². The van der Waals surface area contributed by atoms with Crippen LogP contribution in [0.1, 0.15) is 28.8 Å². The highest BCUT2D eigenvalue weighted by Gasteiger charge is 2.16. The maximum atomic E-state index is 11.9. The number of hydrogen-bond donors (Lipinski definition) is 2. The molecule has 0 saturated carbocycles. The van der Waals surface area contributed by atoms with Crippen molar-refractivity contribution < 1.29 is 23.9 Å². The maximum absolute atomic E-state index is 11.9. The van der Waals surface area contributed by atoms with Crippen LogP contribution in [0.2, 0.25) is 0 Å². The van der Waals surface area contributed by atoms with E-state index in [0.29, 0.717) is 12.1 Å². The fourth-order valence-electron chi connectivity index (χ4n) is 2.32. The normalized spacial score (nSPS) is 16.5. The van der Waals surface area contributed by atoms with E-state index in [1.165, 1.54) is 0 Å². The molecule has 1 aromatic rings. The van der Waals surface area contributed by atoms with Crippen LogP contribution in [0.4, 0.5) is 0 Å². The molecule has 1 aromatic carbocycles. The predicted octanol–water partition coefficient (Wildman–Crippen LogP) is 0.563. The first-order chi connectivity index (χ1) is 11.5. The molecule has 1 aliphatic rings. The Morgan fingerprint density at radius 3 is 2.83 bits per heavy atom. The summed E-state index contributed by atoms with van der Waals surface area (Å²) in [6.45, 7) is 2.36. The number of carbonyl (C=O) groups is 3. The minimum Gasteiger partial charge on any atom is -0.454 e. The molecular formula is C17H22N2O5. The molecule has 130 valence electrons. The van der Waals surface area contributed by atoms with Gasteiger partial charge in [-0.3, -0.25) is 14.4 Å². The van der Waals surface area contributed by atoms with E-state index in [1.807, 2.05) is 13.0 Å². The summed E-state index contributed by atoms with van der Waals surface area (Å²) >= 11 is 0. The molecule has 1 saturated heterocycles. The lowest BCUT2D eigenvalue weighted by atomic mass is 10.1. The van der Waals surface area contributed by atoms with E-state index in [1.54, 1.807) is 18.2 Å². The summed E-state index contributed by atoms with van der Waals surface area (Å²) in [6, 6.07) is 7.02. The van der Waals surface area contributed by atoms with Gasteiger partial charge in [0.25, 0.3) is 11.8 Å². The molecule has 0 radical (unpaired) electrons. The van der Waals surface area contributed by atoms with Crippen LogP contribution in [0.3, 0.4) is 0 Å². The third-order valence-corrected chi connectivity index (χ3v) is 3.59. The van der Waals surface area contributed by atoms with Gasteiger partial charge >= 0.3 is 5.97 Å². The number of esters is 1. The number of aryl methyl sites for hydroxylation is 1. The van der Waals surface area contributed by atoms with Gasteiger partial charge in [-0.2, -0.15) is 0 Å². The molecular weight excluding hydrogens is 312 g/mol. The second-order valence-electron chi connectivity index (χ2n) is 5.65. The van der Waals surface area contributed by atoms with Crippen molar-refractivity contribution in [3.05, 3.63) is 35.4 Å². The zero-order chi connectivity index (χ0) is 17.4. The first-order valence-electron chi connectivity index (χ1n) is 7.93. The summed E-state index contributed by atoms with van der Waals surface area (Å²) in [5.74, 6) is -1.41. The highest BCUT2D eigenvalue weighted by atomic mass is 16.5. The molecule has 24 heavy (non-hydrogen) atoms. The van der Waals surface area contributed by atoms with Crippen molar-refractivity contribution in [2.45, 2.75) is 25.9 Å². The van der Waals surface area contributed by atoms with Gasteiger partial charge in [-0.1, -0.05) is 17.7 Å². The van der Waals surface area contributed by atoms with Crippen LogP contribution in [-0.4, -0.2) is 50.2 Å². The molecule has 1 aliphatic heterocycles. The van der Waals surface area contributed by atoms with Crippen molar-refractivity contribution >= 4 is 17.8 Å². The zero-order valence-corrected chi connectivity index (χ0v) is 13.7. The summed E-state index contributed by atoms with van der Waals surface area (Å²) in [5, 5.41) is 5.11. The number of amides is 2. The van der Waals surface area contributed by atoms with Crippen LogP contribution in [0, 0.1) is 6.92 Å². The van der Waals surface area contributed by atoms with Gasteiger partial charge in [-0.15, -0.1) is 0 Å². The largest absolute Gasteiger partial charge is 0.454 e. The zero-order valence-electron chi connectivity index (χ0n) is 13.7. The molecule has 1 atom stereocenters. The van der Waals surface area contributed by atoms with Gasteiger partial charge in [0.2, 0.25) is 0 Å². The Balaban J connectivity index is 1.62. The lowest BCUT2D eigenvalue weighted by molar-refractivity contribution is -0.147. The molecule has 0 bridgehead atoms. The van der Waals surface area contributed by atoms with Crippen molar-refractivity contribution in [2.75, 3.05) is 26.3 Å². The van der Waals surface area contributed by atoms with Gasteiger partial charge in [0, 0.05) is 18.7 Å². The van der Waals surface area contributed by atoms with Gasteiger partial charge < -0.3 is 20.1 Å². The van der Waals surface area contributed by atoms with E-state index in [0.717, 1.165) is 25.0 Å². The molecule has 2 amide bonds. The van der Waals surface area contributed by atoms with E-state index in [9.17, 15) is 14.4 Å². The van der Waals surface area contributed by atoms with Crippen LogP contribution in [-0.2, 0) is 19.1 Å². The Kier molecular flexibility index (Phi) is 6.74. The van der Waals surface area contributed by atoms with E-state index in [2.05, 4.69) is 10.6 Å². The Bertz CT molecular complexity index is 596. The van der Waals surface area contributed by atoms with Crippen LogP contribution in [0.25, 0.3) is 0 Å². The van der Waals surface area contributed by atoms with Crippen molar-refractivity contribution in [1.29, 1.82) is 0 Å². The van der Waals surface area contributed by atoms with Crippen LogP contribution in [0.5, 0.6) is 0 Å². The van der Waals surface area contributed by atoms with E-state index in [4.69, 9.17) is 9.47 Å². The van der Waals surface area contributed by atoms with Crippen molar-refractivity contribution in [2.24, 2.45) is 0 Å². The first-order valence-corrected chi connectivity index (χ1v) is 7.93. The molecule has 2 N–H and O–H groups in total. The average molecular weight is 334 g/mol. The van der Waals surface area contributed by atoms with Gasteiger partial charge in [0.05, 0.1) is 6.10 Å². The summed E-state index contributed by atoms with van der Waals surface area (Å²) in [4.78, 5) is 35.0. The van der Waals surface area contributed by atoms with E-state index in [-0.39, 0.29) is 31.1 Å². The molecule has 1 fully saturated rings. The number of carbonyl (C=O) groups excluding carboxylic acids is 3. The molecule has 0 aromatic heterocycles. The minimum absolute atomic E-state index is 0.0401. The number of hydrogen-bond acceptors (Lipinski definition) is 5. The smallest absolute Gasteiger partial charge is 0.325 e. The Hall–Kier alpha value is -2.41. The van der Waals surface area contributed by atoms with Crippen molar-refractivity contribution in [3.8, 4) is 0 Å². The van der Waals surface area contributed by atoms with E-state index < -0.39 is 5.97 Å². The Morgan fingerprint density at radius 1 is 1.29 bits per heavy atom. The number of rotatable bonds is 7. The maximum Gasteiger partial charge on any atom is 0.325 e. The van der Waals surface area contributed by atoms with Crippen LogP contribution < -0.4 is 10.6 Å². The summed E-state index contributed by atoms with van der Waals surface area (Å²) in [5.41, 5.74) is 1.42. The standard InChI is InChI=1S/C17H22N2O5/c1-12-4-2-5-13(8-12)17(22)19-10-16(21)24-11-15(20)18-9-14-6-3-7-23-14/h2,4-5,8,14H,3,6-7,9-11H2,1H3,(H,18,20)(H,19,22)/t14-/m0/s1. The molecule has 7 heteroatoms. The first kappa shape index (κ1) is 17.9. The number of ether oxygens (including phenoxy) is 2. The highest BCUT2D eigenvalue weighted by Crippen LogP contribution is 2.10. The SMILES string of the molecule is Cc1cccc(C(=O)NCC(=O)OCC(=O)NC[C@@H]2CCCO2)c1. The second-order valence-corrected chi connectivity index (χ2v) is 5.65. The summed E-state index contributed by atoms with van der Waals surface area (Å²) < 4.78 is 10.2. The molecule has 7 nitrogen and oxygen atoms in total.